The molecular weight excluding hydrogens is 254 g/mol. The minimum atomic E-state index is -0.418. The van der Waals surface area contributed by atoms with Crippen LogP contribution < -0.4 is 0 Å². The first-order chi connectivity index (χ1) is 8.65. The Bertz CT molecular complexity index is 619. The highest BCUT2D eigenvalue weighted by atomic mass is 35.5. The molecule has 6 heteroatoms. The molecule has 18 heavy (non-hydrogen) atoms. The lowest BCUT2D eigenvalue weighted by Gasteiger charge is -2.25. The lowest BCUT2D eigenvalue weighted by molar-refractivity contribution is -0.384. The molecule has 1 aliphatic rings. The highest BCUT2D eigenvalue weighted by Gasteiger charge is 2.21. The van der Waals surface area contributed by atoms with Gasteiger partial charge in [-0.25, -0.2) is 0 Å². The van der Waals surface area contributed by atoms with Gasteiger partial charge >= 0.3 is 0 Å². The van der Waals surface area contributed by atoms with Crippen LogP contribution in [0.4, 0.5) is 5.69 Å². The van der Waals surface area contributed by atoms with Gasteiger partial charge < -0.3 is 0 Å². The van der Waals surface area contributed by atoms with Crippen molar-refractivity contribution in [1.82, 2.24) is 9.78 Å². The number of nitro groups is 1. The van der Waals surface area contributed by atoms with Gasteiger partial charge in [0.05, 0.1) is 10.4 Å². The topological polar surface area (TPSA) is 61.0 Å². The van der Waals surface area contributed by atoms with Crippen molar-refractivity contribution in [2.75, 3.05) is 0 Å². The van der Waals surface area contributed by atoms with Gasteiger partial charge in [-0.15, -0.1) is 0 Å². The molecule has 1 heterocycles. The normalized spacial score (nSPS) is 15.8. The van der Waals surface area contributed by atoms with Gasteiger partial charge in [0.25, 0.3) is 5.69 Å². The molecule has 0 saturated heterocycles. The first-order valence-corrected chi connectivity index (χ1v) is 6.33. The molecule has 1 aromatic carbocycles. The lowest BCUT2D eigenvalue weighted by atomic mass is 9.85. The van der Waals surface area contributed by atoms with Gasteiger partial charge in [-0.1, -0.05) is 18.0 Å². The van der Waals surface area contributed by atoms with Crippen LogP contribution in [0.15, 0.2) is 18.2 Å². The van der Waals surface area contributed by atoms with E-state index in [0.717, 1.165) is 12.1 Å². The summed E-state index contributed by atoms with van der Waals surface area (Å²) in [5, 5.41) is 16.0. The number of nitrogens with zero attached hydrogens (tertiary/aromatic N) is 3. The second-order valence-electron chi connectivity index (χ2n) is 4.73. The molecule has 1 fully saturated rings. The van der Waals surface area contributed by atoms with Crippen molar-refractivity contribution in [3.05, 3.63) is 33.5 Å². The summed E-state index contributed by atoms with van der Waals surface area (Å²) in [4.78, 5) is 10.3. The summed E-state index contributed by atoms with van der Waals surface area (Å²) in [6.45, 7) is 0.848. The van der Waals surface area contributed by atoms with E-state index in [2.05, 4.69) is 5.10 Å². The fourth-order valence-electron chi connectivity index (χ4n) is 2.30. The zero-order chi connectivity index (χ0) is 12.7. The number of rotatable bonds is 3. The summed E-state index contributed by atoms with van der Waals surface area (Å²) in [5.41, 5.74) is 0.921. The molecule has 94 valence electrons. The molecule has 1 saturated carbocycles. The van der Waals surface area contributed by atoms with Crippen LogP contribution in [0.1, 0.15) is 19.3 Å². The molecule has 0 unspecified atom stereocenters. The number of aromatic nitrogens is 2. The second-order valence-corrected chi connectivity index (χ2v) is 5.09. The van der Waals surface area contributed by atoms with Crippen LogP contribution in [0.25, 0.3) is 10.9 Å². The van der Waals surface area contributed by atoms with Crippen LogP contribution in [0, 0.1) is 16.0 Å². The molecule has 0 aliphatic heterocycles. The highest BCUT2D eigenvalue weighted by molar-refractivity contribution is 6.34. The summed E-state index contributed by atoms with van der Waals surface area (Å²) >= 11 is 6.04. The second kappa shape index (κ2) is 4.24. The summed E-state index contributed by atoms with van der Waals surface area (Å²) in [6.07, 6.45) is 3.74. The number of halogens is 1. The van der Waals surface area contributed by atoms with Gasteiger partial charge in [-0.05, 0) is 24.8 Å². The van der Waals surface area contributed by atoms with Crippen molar-refractivity contribution < 1.29 is 4.92 Å². The lowest BCUT2D eigenvalue weighted by Crippen LogP contribution is -2.18. The van der Waals surface area contributed by atoms with Crippen LogP contribution in [0.2, 0.25) is 5.15 Å². The van der Waals surface area contributed by atoms with Crippen molar-refractivity contribution in [3.63, 3.8) is 0 Å². The maximum Gasteiger partial charge on any atom is 0.270 e. The van der Waals surface area contributed by atoms with Crippen LogP contribution >= 0.6 is 11.6 Å². The Kier molecular flexibility index (Phi) is 2.70. The van der Waals surface area contributed by atoms with E-state index in [1.807, 2.05) is 4.68 Å². The minimum absolute atomic E-state index is 0.0487. The Morgan fingerprint density at radius 2 is 2.28 bits per heavy atom. The van der Waals surface area contributed by atoms with Crippen LogP contribution in [0.5, 0.6) is 0 Å². The molecule has 1 aromatic heterocycles. The highest BCUT2D eigenvalue weighted by Crippen LogP contribution is 2.31. The van der Waals surface area contributed by atoms with Crippen LogP contribution in [0.3, 0.4) is 0 Å². The quantitative estimate of drug-likeness (QED) is 0.631. The summed E-state index contributed by atoms with van der Waals surface area (Å²) < 4.78 is 1.87. The van der Waals surface area contributed by atoms with Gasteiger partial charge in [0, 0.05) is 24.1 Å². The predicted molar refractivity (Wildman–Crippen MR) is 68.7 cm³/mol. The van der Waals surface area contributed by atoms with Crippen molar-refractivity contribution >= 4 is 28.2 Å². The SMILES string of the molecule is O=[N+]([O-])c1ccc2c(c1)c(Cl)nn2CC1CCC1. The van der Waals surface area contributed by atoms with Crippen molar-refractivity contribution in [1.29, 1.82) is 0 Å². The average Bonchev–Trinajstić information content (AvgIpc) is 2.60. The summed E-state index contributed by atoms with van der Waals surface area (Å²) in [7, 11) is 0. The number of hydrogen-bond acceptors (Lipinski definition) is 3. The summed E-state index contributed by atoms with van der Waals surface area (Å²) in [6, 6.07) is 4.71. The van der Waals surface area contributed by atoms with Gasteiger partial charge in [-0.2, -0.15) is 5.10 Å². The van der Waals surface area contributed by atoms with Crippen molar-refractivity contribution in [2.45, 2.75) is 25.8 Å². The Morgan fingerprint density at radius 3 is 2.89 bits per heavy atom. The number of non-ortho nitro benzene ring substituents is 1. The van der Waals surface area contributed by atoms with E-state index in [9.17, 15) is 10.1 Å². The fourth-order valence-corrected chi connectivity index (χ4v) is 2.54. The van der Waals surface area contributed by atoms with Gasteiger partial charge in [0.1, 0.15) is 0 Å². The largest absolute Gasteiger partial charge is 0.270 e. The predicted octanol–water partition coefficient (Wildman–Crippen LogP) is 3.40. The van der Waals surface area contributed by atoms with E-state index in [1.54, 1.807) is 6.07 Å². The number of benzene rings is 1. The van der Waals surface area contributed by atoms with E-state index in [-0.39, 0.29) is 5.69 Å². The first-order valence-electron chi connectivity index (χ1n) is 5.95. The van der Waals surface area contributed by atoms with Crippen molar-refractivity contribution in [2.24, 2.45) is 5.92 Å². The molecule has 2 aromatic rings. The molecular formula is C12H12ClN3O2. The van der Waals surface area contributed by atoms with Gasteiger partial charge in [-0.3, -0.25) is 14.8 Å². The molecule has 3 rings (SSSR count). The van der Waals surface area contributed by atoms with Crippen molar-refractivity contribution in [3.8, 4) is 0 Å². The minimum Gasteiger partial charge on any atom is -0.263 e. The number of hydrogen-bond donors (Lipinski definition) is 0. The Morgan fingerprint density at radius 1 is 1.50 bits per heavy atom. The third kappa shape index (κ3) is 1.84. The third-order valence-corrected chi connectivity index (χ3v) is 3.83. The zero-order valence-electron chi connectivity index (χ0n) is 9.67. The number of nitro benzene ring substituents is 1. The van der Waals surface area contributed by atoms with Crippen LogP contribution in [-0.4, -0.2) is 14.7 Å². The maximum absolute atomic E-state index is 10.7. The third-order valence-electron chi connectivity index (χ3n) is 3.56. The van der Waals surface area contributed by atoms with E-state index < -0.39 is 4.92 Å². The average molecular weight is 266 g/mol. The first kappa shape index (κ1) is 11.5. The molecule has 0 bridgehead atoms. The molecule has 5 nitrogen and oxygen atoms in total. The monoisotopic (exact) mass is 265 g/mol. The standard InChI is InChI=1S/C12H12ClN3O2/c13-12-10-6-9(16(17)18)4-5-11(10)15(14-12)7-8-2-1-3-8/h4-6,8H,1-3,7H2. The number of fused-ring (bicyclic) bond motifs is 1. The molecule has 0 radical (unpaired) electrons. The van der Waals surface area contributed by atoms with E-state index >= 15 is 0 Å². The summed E-state index contributed by atoms with van der Waals surface area (Å²) in [5.74, 6) is 0.666. The fraction of sp³-hybridized carbons (Fsp3) is 0.417. The van der Waals surface area contributed by atoms with E-state index in [1.165, 1.54) is 31.4 Å². The Balaban J connectivity index is 2.03. The zero-order valence-corrected chi connectivity index (χ0v) is 10.4. The maximum atomic E-state index is 10.7. The Hall–Kier alpha value is -1.62. The van der Waals surface area contributed by atoms with E-state index in [4.69, 9.17) is 11.6 Å². The molecule has 0 atom stereocenters. The molecule has 0 N–H and O–H groups in total. The van der Waals surface area contributed by atoms with Gasteiger partial charge in [0.2, 0.25) is 0 Å². The smallest absolute Gasteiger partial charge is 0.263 e. The molecule has 0 spiro atoms. The Labute approximate surface area is 108 Å². The van der Waals surface area contributed by atoms with Crippen LogP contribution in [-0.2, 0) is 6.54 Å². The van der Waals surface area contributed by atoms with E-state index in [0.29, 0.717) is 16.5 Å². The molecule has 1 aliphatic carbocycles. The van der Waals surface area contributed by atoms with Gasteiger partial charge in [0.15, 0.2) is 5.15 Å². The molecule has 0 amide bonds.